The number of esters is 1. The van der Waals surface area contributed by atoms with E-state index in [2.05, 4.69) is 5.10 Å². The molecule has 1 atom stereocenters. The number of aliphatic carboxylic acids is 1. The van der Waals surface area contributed by atoms with Gasteiger partial charge < -0.3 is 19.5 Å². The molecular weight excluding hydrogens is 541 g/mol. The van der Waals surface area contributed by atoms with Crippen LogP contribution in [0, 0.1) is 10.1 Å². The van der Waals surface area contributed by atoms with Gasteiger partial charge in [0.2, 0.25) is 5.91 Å². The minimum atomic E-state index is -1.40. The Morgan fingerprint density at radius 3 is 2.62 bits per heavy atom. The van der Waals surface area contributed by atoms with Crippen molar-refractivity contribution in [3.05, 3.63) is 74.1 Å². The van der Waals surface area contributed by atoms with Gasteiger partial charge in [0.05, 0.1) is 53.1 Å². The summed E-state index contributed by atoms with van der Waals surface area (Å²) in [5.41, 5.74) is 2.15. The number of nitro benzene ring substituents is 1. The van der Waals surface area contributed by atoms with E-state index < -0.39 is 28.1 Å². The molecule has 1 aromatic heterocycles. The first-order valence-corrected chi connectivity index (χ1v) is 12.5. The topological polar surface area (TPSA) is 168 Å². The average Bonchev–Trinajstić information content (AvgIpc) is 3.50. The number of hydrogen-bond donors (Lipinski definition) is 0. The second-order valence-corrected chi connectivity index (χ2v) is 9.69. The summed E-state index contributed by atoms with van der Waals surface area (Å²) < 4.78 is 6.92. The normalized spacial score (nSPS) is 18.5. The number of ether oxygens (including phenoxy) is 1. The van der Waals surface area contributed by atoms with Gasteiger partial charge >= 0.3 is 35.5 Å². The largest absolute Gasteiger partial charge is 1.00 e. The van der Waals surface area contributed by atoms with Crippen molar-refractivity contribution in [1.29, 1.82) is 0 Å². The Labute approximate surface area is 247 Å². The van der Waals surface area contributed by atoms with Gasteiger partial charge in [0.25, 0.3) is 11.6 Å². The predicted octanol–water partition coefficient (Wildman–Crippen LogP) is -2.45. The summed E-state index contributed by atoms with van der Waals surface area (Å²) in [5, 5.41) is 27.3. The van der Waals surface area contributed by atoms with Crippen molar-refractivity contribution in [3.8, 4) is 0 Å². The van der Waals surface area contributed by atoms with Crippen LogP contribution >= 0.6 is 11.8 Å². The zero-order valence-corrected chi connectivity index (χ0v) is 23.6. The zero-order chi connectivity index (χ0) is 27.0. The smallest absolute Gasteiger partial charge is 0.543 e. The van der Waals surface area contributed by atoms with Crippen LogP contribution in [-0.4, -0.2) is 60.2 Å². The van der Waals surface area contributed by atoms with Crippen molar-refractivity contribution in [1.82, 2.24) is 19.6 Å². The molecule has 2 amide bonds. The molecule has 1 saturated heterocycles. The SMILES string of the molecule is O=C(CCC(=O)N1CCn2nc(/C=C3/C(=O)N4C(C(=O)[O-])=CS[C@H]34)cc2C1)OCc1ccc([N+](=O)[O-])cc1.[Na+]. The van der Waals surface area contributed by atoms with E-state index in [4.69, 9.17) is 4.74 Å². The van der Waals surface area contributed by atoms with Gasteiger partial charge in [0.15, 0.2) is 0 Å². The summed E-state index contributed by atoms with van der Waals surface area (Å²) in [4.78, 5) is 61.3. The predicted molar refractivity (Wildman–Crippen MR) is 129 cm³/mol. The molecule has 1 aromatic carbocycles. The van der Waals surface area contributed by atoms with Gasteiger partial charge in [0, 0.05) is 25.1 Å². The first-order valence-electron chi connectivity index (χ1n) is 11.6. The number of benzene rings is 1. The Balaban J connectivity index is 0.00000353. The molecule has 0 spiro atoms. The van der Waals surface area contributed by atoms with Gasteiger partial charge in [-0.2, -0.15) is 5.10 Å². The summed E-state index contributed by atoms with van der Waals surface area (Å²) in [6, 6.07) is 7.43. The second kappa shape index (κ2) is 11.7. The van der Waals surface area contributed by atoms with Gasteiger partial charge in [-0.3, -0.25) is 34.1 Å². The number of carbonyl (C=O) groups is 4. The molecule has 0 N–H and O–H groups in total. The number of carbonyl (C=O) groups excluding carboxylic acids is 4. The van der Waals surface area contributed by atoms with Crippen molar-refractivity contribution in [2.45, 2.75) is 37.9 Å². The van der Waals surface area contributed by atoms with Crippen molar-refractivity contribution in [2.24, 2.45) is 0 Å². The Kier molecular flexibility index (Phi) is 8.59. The summed E-state index contributed by atoms with van der Waals surface area (Å²) in [6.07, 6.45) is 1.50. The third kappa shape index (κ3) is 5.93. The number of non-ortho nitro benzene ring substituents is 1. The van der Waals surface area contributed by atoms with E-state index in [9.17, 15) is 34.4 Å². The van der Waals surface area contributed by atoms with Gasteiger partial charge in [-0.15, -0.1) is 11.8 Å². The van der Waals surface area contributed by atoms with Crippen LogP contribution in [0.1, 0.15) is 29.8 Å². The van der Waals surface area contributed by atoms with Crippen LogP contribution in [0.15, 0.2) is 47.0 Å². The number of nitro groups is 1. The van der Waals surface area contributed by atoms with E-state index in [1.807, 2.05) is 0 Å². The molecule has 3 aliphatic heterocycles. The van der Waals surface area contributed by atoms with Crippen LogP contribution in [0.5, 0.6) is 0 Å². The molecule has 4 heterocycles. The molecule has 0 unspecified atom stereocenters. The van der Waals surface area contributed by atoms with Gasteiger partial charge in [0.1, 0.15) is 12.0 Å². The fourth-order valence-corrected chi connectivity index (χ4v) is 5.42. The molecule has 39 heavy (non-hydrogen) atoms. The fraction of sp³-hybridized carbons (Fsp3) is 0.292. The minimum Gasteiger partial charge on any atom is -0.543 e. The Bertz CT molecular complexity index is 1420. The molecule has 0 aliphatic carbocycles. The third-order valence-electron chi connectivity index (χ3n) is 6.31. The number of fused-ring (bicyclic) bond motifs is 2. The van der Waals surface area contributed by atoms with Crippen LogP contribution in [0.2, 0.25) is 0 Å². The van der Waals surface area contributed by atoms with Crippen LogP contribution in [0.25, 0.3) is 6.08 Å². The summed E-state index contributed by atoms with van der Waals surface area (Å²) in [7, 11) is 0. The molecule has 3 aliphatic rings. The number of rotatable bonds is 8. The maximum atomic E-state index is 12.7. The van der Waals surface area contributed by atoms with Crippen LogP contribution in [-0.2, 0) is 43.6 Å². The first kappa shape index (κ1) is 28.5. The van der Waals surface area contributed by atoms with Crippen LogP contribution in [0.3, 0.4) is 0 Å². The number of thioether (sulfide) groups is 1. The van der Waals surface area contributed by atoms with E-state index in [1.165, 1.54) is 46.3 Å². The second-order valence-electron chi connectivity index (χ2n) is 8.74. The molecule has 13 nitrogen and oxygen atoms in total. The number of carboxylic acid groups (broad SMARTS) is 1. The zero-order valence-electron chi connectivity index (χ0n) is 20.8. The van der Waals surface area contributed by atoms with Crippen molar-refractivity contribution >= 4 is 47.3 Å². The Morgan fingerprint density at radius 1 is 1.18 bits per heavy atom. The van der Waals surface area contributed by atoms with Crippen molar-refractivity contribution in [3.63, 3.8) is 0 Å². The Hall–Kier alpha value is -3.46. The number of hydrogen-bond acceptors (Lipinski definition) is 10. The number of β-lactam (4-membered cyclic amide) rings is 1. The maximum absolute atomic E-state index is 12.7. The van der Waals surface area contributed by atoms with Crippen LogP contribution < -0.4 is 34.7 Å². The molecule has 0 bridgehead atoms. The summed E-state index contributed by atoms with van der Waals surface area (Å²) in [5.74, 6) is -2.56. The molecule has 196 valence electrons. The number of amides is 2. The van der Waals surface area contributed by atoms with Crippen molar-refractivity contribution < 1.29 is 63.5 Å². The maximum Gasteiger partial charge on any atom is 1.00 e. The van der Waals surface area contributed by atoms with E-state index in [-0.39, 0.29) is 66.3 Å². The molecular formula is C24H20N5NaO8S. The standard InChI is InChI=1S/C24H21N5O8S.Na/c30-20(5-6-21(31)37-12-14-1-3-16(4-2-14)29(35)36)26-7-8-27-17(11-26)9-15(25-27)10-18-22(32)28-19(24(33)34)13-38-23(18)28;/h1-4,9-10,13,23H,5-8,11-12H2,(H,33,34);/q;+1/p-1/b18-10-;/t23-;/m1./s1. The first-order chi connectivity index (χ1) is 18.2. The van der Waals surface area contributed by atoms with E-state index in [0.717, 1.165) is 5.69 Å². The fourth-order valence-electron chi connectivity index (χ4n) is 4.31. The number of aromatic nitrogens is 2. The van der Waals surface area contributed by atoms with Crippen LogP contribution in [0.4, 0.5) is 5.69 Å². The van der Waals surface area contributed by atoms with E-state index in [0.29, 0.717) is 36.5 Å². The molecule has 15 heteroatoms. The van der Waals surface area contributed by atoms with E-state index in [1.54, 1.807) is 21.7 Å². The molecule has 2 aromatic rings. The molecule has 5 rings (SSSR count). The number of carboxylic acids is 1. The minimum absolute atomic E-state index is 0. The van der Waals surface area contributed by atoms with Gasteiger partial charge in [-0.25, -0.2) is 0 Å². The quantitative estimate of drug-likeness (QED) is 0.0843. The molecule has 1 fully saturated rings. The third-order valence-corrected chi connectivity index (χ3v) is 7.39. The molecule has 0 saturated carbocycles. The van der Waals surface area contributed by atoms with Crippen molar-refractivity contribution in [2.75, 3.05) is 6.54 Å². The monoisotopic (exact) mass is 561 g/mol. The van der Waals surface area contributed by atoms with Gasteiger partial charge in [-0.1, -0.05) is 0 Å². The van der Waals surface area contributed by atoms with Gasteiger partial charge in [-0.05, 0) is 35.2 Å². The van der Waals surface area contributed by atoms with E-state index >= 15 is 0 Å². The number of nitrogens with zero attached hydrogens (tertiary/aromatic N) is 5. The summed E-state index contributed by atoms with van der Waals surface area (Å²) in [6.45, 7) is 1.10. The molecule has 0 radical (unpaired) electrons. The summed E-state index contributed by atoms with van der Waals surface area (Å²) >= 11 is 1.21. The Morgan fingerprint density at radius 2 is 1.92 bits per heavy atom. The average molecular weight is 562 g/mol.